The lowest BCUT2D eigenvalue weighted by Gasteiger charge is -2.34. The molecular formula is C30H33FN4O3. The number of benzene rings is 2. The number of aliphatic hydroxyl groups excluding tert-OH is 1. The molecule has 0 spiro atoms. The third-order valence-corrected chi connectivity index (χ3v) is 7.32. The number of aryl methyl sites for hydroxylation is 1. The number of amides is 1. The van der Waals surface area contributed by atoms with E-state index in [0.29, 0.717) is 50.9 Å². The van der Waals surface area contributed by atoms with E-state index in [2.05, 4.69) is 28.0 Å². The van der Waals surface area contributed by atoms with Crippen LogP contribution >= 0.6 is 0 Å². The summed E-state index contributed by atoms with van der Waals surface area (Å²) in [6, 6.07) is 16.3. The van der Waals surface area contributed by atoms with Crippen LogP contribution in [0.25, 0.3) is 11.1 Å². The second-order valence-electron chi connectivity index (χ2n) is 9.82. The van der Waals surface area contributed by atoms with Gasteiger partial charge in [0.15, 0.2) is 0 Å². The van der Waals surface area contributed by atoms with Gasteiger partial charge in [-0.2, -0.15) is 5.10 Å². The Morgan fingerprint density at radius 1 is 1.13 bits per heavy atom. The number of anilines is 1. The molecule has 1 fully saturated rings. The Hall–Kier alpha value is -3.78. The Bertz CT molecular complexity index is 1310. The van der Waals surface area contributed by atoms with E-state index in [9.17, 15) is 9.18 Å². The summed E-state index contributed by atoms with van der Waals surface area (Å²) >= 11 is 0. The number of aromatic nitrogens is 1. The summed E-state index contributed by atoms with van der Waals surface area (Å²) in [4.78, 5) is 20.2. The molecule has 38 heavy (non-hydrogen) atoms. The van der Waals surface area contributed by atoms with Crippen molar-refractivity contribution in [2.45, 2.75) is 38.6 Å². The standard InChI is InChI=1S/C30H33FN4O3/c1-21-7-8-24(38-18-4-17-36)20-26(21)23-9-13-32-29(19-23)34-15-11-22(12-16-34)30(37)35-28(10-14-33-35)25-5-2-3-6-27(25)31/h2-3,5-9,13-14,19-20,22,28,36H,4,10-12,15-18H2,1H3. The molecule has 2 aromatic carbocycles. The Morgan fingerprint density at radius 2 is 1.95 bits per heavy atom. The second-order valence-corrected chi connectivity index (χ2v) is 9.82. The monoisotopic (exact) mass is 516 g/mol. The van der Waals surface area contributed by atoms with E-state index in [4.69, 9.17) is 9.84 Å². The highest BCUT2D eigenvalue weighted by Crippen LogP contribution is 2.34. The lowest BCUT2D eigenvalue weighted by Crippen LogP contribution is -2.41. The maximum atomic E-state index is 14.4. The topological polar surface area (TPSA) is 78.3 Å². The van der Waals surface area contributed by atoms with Gasteiger partial charge in [-0.25, -0.2) is 14.4 Å². The van der Waals surface area contributed by atoms with Crippen LogP contribution in [0.15, 0.2) is 65.9 Å². The molecule has 198 valence electrons. The Morgan fingerprint density at radius 3 is 2.74 bits per heavy atom. The fraction of sp³-hybridized carbons (Fsp3) is 0.367. The summed E-state index contributed by atoms with van der Waals surface area (Å²) in [7, 11) is 0. The first kappa shape index (κ1) is 25.9. The van der Waals surface area contributed by atoms with Crippen LogP contribution in [0.2, 0.25) is 0 Å². The van der Waals surface area contributed by atoms with Gasteiger partial charge in [-0.3, -0.25) is 4.79 Å². The first-order valence-corrected chi connectivity index (χ1v) is 13.2. The number of piperidine rings is 1. The summed E-state index contributed by atoms with van der Waals surface area (Å²) < 4.78 is 20.2. The van der Waals surface area contributed by atoms with Crippen LogP contribution in [-0.4, -0.2) is 53.5 Å². The average Bonchev–Trinajstić information content (AvgIpc) is 3.44. The van der Waals surface area contributed by atoms with Gasteiger partial charge in [0.2, 0.25) is 5.91 Å². The third kappa shape index (κ3) is 5.55. The number of aliphatic hydroxyl groups is 1. The maximum Gasteiger partial charge on any atom is 0.246 e. The molecule has 2 aliphatic rings. The van der Waals surface area contributed by atoms with Gasteiger partial charge in [0.05, 0.1) is 12.6 Å². The minimum atomic E-state index is -0.383. The van der Waals surface area contributed by atoms with Crippen LogP contribution in [0, 0.1) is 18.7 Å². The predicted octanol–water partition coefficient (Wildman–Crippen LogP) is 5.13. The number of hydrogen-bond donors (Lipinski definition) is 1. The molecule has 0 saturated carbocycles. The third-order valence-electron chi connectivity index (χ3n) is 7.32. The van der Waals surface area contributed by atoms with Gasteiger partial charge in [-0.05, 0) is 66.8 Å². The van der Waals surface area contributed by atoms with E-state index < -0.39 is 0 Å². The highest BCUT2D eigenvalue weighted by Gasteiger charge is 2.35. The van der Waals surface area contributed by atoms with Crippen LogP contribution < -0.4 is 9.64 Å². The van der Waals surface area contributed by atoms with Crippen molar-refractivity contribution in [3.8, 4) is 16.9 Å². The zero-order valence-electron chi connectivity index (χ0n) is 21.6. The molecule has 1 saturated heterocycles. The molecule has 5 rings (SSSR count). The van der Waals surface area contributed by atoms with Gasteiger partial charge in [-0.1, -0.05) is 24.3 Å². The number of rotatable bonds is 8. The van der Waals surface area contributed by atoms with Gasteiger partial charge in [-0.15, -0.1) is 0 Å². The lowest BCUT2D eigenvalue weighted by atomic mass is 9.94. The number of carbonyl (C=O) groups is 1. The van der Waals surface area contributed by atoms with Crippen molar-refractivity contribution < 1.29 is 19.0 Å². The van der Waals surface area contributed by atoms with Crippen LogP contribution in [0.5, 0.6) is 5.75 Å². The van der Waals surface area contributed by atoms with Crippen LogP contribution in [-0.2, 0) is 4.79 Å². The molecule has 1 atom stereocenters. The number of nitrogens with zero attached hydrogens (tertiary/aromatic N) is 4. The minimum Gasteiger partial charge on any atom is -0.493 e. The van der Waals surface area contributed by atoms with Gasteiger partial charge >= 0.3 is 0 Å². The zero-order chi connectivity index (χ0) is 26.5. The molecule has 1 amide bonds. The maximum absolute atomic E-state index is 14.4. The zero-order valence-corrected chi connectivity index (χ0v) is 21.6. The van der Waals surface area contributed by atoms with E-state index in [-0.39, 0.29) is 30.3 Å². The highest BCUT2D eigenvalue weighted by atomic mass is 19.1. The van der Waals surface area contributed by atoms with E-state index in [1.54, 1.807) is 24.4 Å². The molecule has 0 bridgehead atoms. The van der Waals surface area contributed by atoms with Gasteiger partial charge in [0.25, 0.3) is 0 Å². The molecule has 1 N–H and O–H groups in total. The minimum absolute atomic E-state index is 0.0398. The predicted molar refractivity (Wildman–Crippen MR) is 146 cm³/mol. The summed E-state index contributed by atoms with van der Waals surface area (Å²) in [5, 5.41) is 14.8. The van der Waals surface area contributed by atoms with Crippen molar-refractivity contribution in [1.82, 2.24) is 9.99 Å². The van der Waals surface area contributed by atoms with E-state index in [1.807, 2.05) is 30.5 Å². The van der Waals surface area contributed by atoms with Crippen molar-refractivity contribution in [3.63, 3.8) is 0 Å². The molecular weight excluding hydrogens is 483 g/mol. The van der Waals surface area contributed by atoms with Gasteiger partial charge in [0.1, 0.15) is 17.4 Å². The highest BCUT2D eigenvalue weighted by molar-refractivity contribution is 5.82. The Labute approximate surface area is 222 Å². The number of carbonyl (C=O) groups excluding carboxylic acids is 1. The number of ether oxygens (including phenoxy) is 1. The summed E-state index contributed by atoms with van der Waals surface area (Å²) in [6.07, 6.45) is 6.01. The molecule has 3 heterocycles. The Kier molecular flexibility index (Phi) is 7.98. The normalized spacial score (nSPS) is 17.7. The summed E-state index contributed by atoms with van der Waals surface area (Å²) in [5.74, 6) is 1.15. The molecule has 0 aliphatic carbocycles. The van der Waals surface area contributed by atoms with E-state index in [1.165, 1.54) is 11.1 Å². The molecule has 0 radical (unpaired) electrons. The van der Waals surface area contributed by atoms with Crippen molar-refractivity contribution in [2.75, 3.05) is 31.2 Å². The van der Waals surface area contributed by atoms with Crippen molar-refractivity contribution in [3.05, 3.63) is 77.7 Å². The van der Waals surface area contributed by atoms with Crippen molar-refractivity contribution in [1.29, 1.82) is 0 Å². The first-order valence-electron chi connectivity index (χ1n) is 13.2. The fourth-order valence-electron chi connectivity index (χ4n) is 5.19. The van der Waals surface area contributed by atoms with E-state index in [0.717, 1.165) is 28.3 Å². The molecule has 2 aliphatic heterocycles. The molecule has 7 nitrogen and oxygen atoms in total. The smallest absolute Gasteiger partial charge is 0.246 e. The summed E-state index contributed by atoms with van der Waals surface area (Å²) in [5.41, 5.74) is 3.77. The lowest BCUT2D eigenvalue weighted by molar-refractivity contribution is -0.138. The van der Waals surface area contributed by atoms with Crippen LogP contribution in [0.1, 0.15) is 42.9 Å². The van der Waals surface area contributed by atoms with Crippen molar-refractivity contribution >= 4 is 17.9 Å². The van der Waals surface area contributed by atoms with Gasteiger partial charge < -0.3 is 14.7 Å². The number of halogens is 1. The molecule has 8 heteroatoms. The molecule has 3 aromatic rings. The molecule has 1 aromatic heterocycles. The average molecular weight is 517 g/mol. The molecule has 1 unspecified atom stereocenters. The van der Waals surface area contributed by atoms with Crippen LogP contribution in [0.3, 0.4) is 0 Å². The number of hydrazone groups is 1. The quantitative estimate of drug-likeness (QED) is 0.420. The number of hydrogen-bond acceptors (Lipinski definition) is 6. The summed E-state index contributed by atoms with van der Waals surface area (Å²) in [6.45, 7) is 4.06. The Balaban J connectivity index is 1.25. The largest absolute Gasteiger partial charge is 0.493 e. The first-order chi connectivity index (χ1) is 18.5. The van der Waals surface area contributed by atoms with Gasteiger partial charge in [0, 0.05) is 56.4 Å². The fourth-order valence-corrected chi connectivity index (χ4v) is 5.19. The van der Waals surface area contributed by atoms with E-state index >= 15 is 0 Å². The van der Waals surface area contributed by atoms with Crippen LogP contribution in [0.4, 0.5) is 10.2 Å². The van der Waals surface area contributed by atoms with Crippen molar-refractivity contribution in [2.24, 2.45) is 11.0 Å². The SMILES string of the molecule is Cc1ccc(OCCCO)cc1-c1ccnc(N2CCC(C(=O)N3N=CCC3c3ccccc3F)CC2)c1. The number of pyridine rings is 1. The second kappa shape index (κ2) is 11.7.